The van der Waals surface area contributed by atoms with Crippen molar-refractivity contribution in [2.75, 3.05) is 6.54 Å². The van der Waals surface area contributed by atoms with E-state index >= 15 is 0 Å². The molecule has 0 aliphatic rings. The van der Waals surface area contributed by atoms with Gasteiger partial charge in [0.2, 0.25) is 0 Å². The summed E-state index contributed by atoms with van der Waals surface area (Å²) in [6.07, 6.45) is 2.71. The lowest BCUT2D eigenvalue weighted by atomic mass is 9.94. The van der Waals surface area contributed by atoms with Crippen LogP contribution in [0.3, 0.4) is 0 Å². The van der Waals surface area contributed by atoms with Crippen molar-refractivity contribution < 1.29 is 4.39 Å². The van der Waals surface area contributed by atoms with Crippen molar-refractivity contribution in [1.29, 1.82) is 0 Å². The Morgan fingerprint density at radius 3 is 2.68 bits per heavy atom. The van der Waals surface area contributed by atoms with Gasteiger partial charge in [-0.2, -0.15) is 5.10 Å². The van der Waals surface area contributed by atoms with E-state index in [1.165, 1.54) is 6.07 Å². The lowest BCUT2D eigenvalue weighted by Gasteiger charge is -2.14. The molecular weight excluding hydrogens is 241 g/mol. The van der Waals surface area contributed by atoms with Crippen LogP contribution in [0, 0.1) is 5.82 Å². The van der Waals surface area contributed by atoms with Gasteiger partial charge in [-0.25, -0.2) is 4.39 Å². The third kappa shape index (κ3) is 3.41. The molecule has 1 heterocycles. The SMILES string of the molecule is CC(C)n1ccc(CC(CN)c2cccc(F)c2)n1. The van der Waals surface area contributed by atoms with E-state index < -0.39 is 0 Å². The number of halogens is 1. The van der Waals surface area contributed by atoms with Crippen LogP contribution in [0.25, 0.3) is 0 Å². The predicted molar refractivity (Wildman–Crippen MR) is 74.5 cm³/mol. The largest absolute Gasteiger partial charge is 0.330 e. The first-order valence-electron chi connectivity index (χ1n) is 6.59. The van der Waals surface area contributed by atoms with Crippen molar-refractivity contribution in [3.8, 4) is 0 Å². The standard InChI is InChI=1S/C15H20FN3/c1-11(2)19-7-6-15(18-19)9-13(10-17)12-4-3-5-14(16)8-12/h3-8,11,13H,9-10,17H2,1-2H3. The van der Waals surface area contributed by atoms with Crippen molar-refractivity contribution in [2.45, 2.75) is 32.2 Å². The number of aromatic nitrogens is 2. The van der Waals surface area contributed by atoms with Crippen molar-refractivity contribution in [3.63, 3.8) is 0 Å². The molecule has 0 bridgehead atoms. The highest BCUT2D eigenvalue weighted by Gasteiger charge is 2.13. The summed E-state index contributed by atoms with van der Waals surface area (Å²) in [6, 6.07) is 8.99. The highest BCUT2D eigenvalue weighted by molar-refractivity contribution is 5.23. The van der Waals surface area contributed by atoms with Gasteiger partial charge in [-0.15, -0.1) is 0 Å². The van der Waals surface area contributed by atoms with Gasteiger partial charge in [-0.1, -0.05) is 12.1 Å². The van der Waals surface area contributed by atoms with Crippen LogP contribution in [0.4, 0.5) is 4.39 Å². The van der Waals surface area contributed by atoms with Crippen LogP contribution >= 0.6 is 0 Å². The van der Waals surface area contributed by atoms with Crippen molar-refractivity contribution in [1.82, 2.24) is 9.78 Å². The van der Waals surface area contributed by atoms with E-state index in [1.54, 1.807) is 12.1 Å². The molecule has 0 saturated heterocycles. The topological polar surface area (TPSA) is 43.8 Å². The third-order valence-corrected chi connectivity index (χ3v) is 3.25. The van der Waals surface area contributed by atoms with E-state index in [4.69, 9.17) is 5.73 Å². The summed E-state index contributed by atoms with van der Waals surface area (Å²) in [5.74, 6) is -0.116. The van der Waals surface area contributed by atoms with E-state index in [9.17, 15) is 4.39 Å². The normalized spacial score (nSPS) is 12.9. The van der Waals surface area contributed by atoms with Gasteiger partial charge >= 0.3 is 0 Å². The molecule has 2 aromatic rings. The number of nitrogens with zero attached hydrogens (tertiary/aromatic N) is 2. The highest BCUT2D eigenvalue weighted by atomic mass is 19.1. The summed E-state index contributed by atoms with van der Waals surface area (Å²) < 4.78 is 15.2. The number of hydrogen-bond acceptors (Lipinski definition) is 2. The molecule has 4 heteroatoms. The van der Waals surface area contributed by atoms with E-state index in [-0.39, 0.29) is 11.7 Å². The Hall–Kier alpha value is -1.68. The summed E-state index contributed by atoms with van der Waals surface area (Å²) >= 11 is 0. The average molecular weight is 261 g/mol. The molecule has 0 radical (unpaired) electrons. The van der Waals surface area contributed by atoms with Crippen LogP contribution in [-0.4, -0.2) is 16.3 Å². The second kappa shape index (κ2) is 5.97. The average Bonchev–Trinajstić information content (AvgIpc) is 2.84. The van der Waals surface area contributed by atoms with Crippen LogP contribution in [0.2, 0.25) is 0 Å². The number of nitrogens with two attached hydrogens (primary N) is 1. The molecule has 0 fully saturated rings. The fourth-order valence-electron chi connectivity index (χ4n) is 2.12. The predicted octanol–water partition coefficient (Wildman–Crippen LogP) is 2.89. The minimum Gasteiger partial charge on any atom is -0.330 e. The van der Waals surface area contributed by atoms with Crippen molar-refractivity contribution in [2.24, 2.45) is 5.73 Å². The number of benzene rings is 1. The summed E-state index contributed by atoms with van der Waals surface area (Å²) in [6.45, 7) is 4.66. The maximum Gasteiger partial charge on any atom is 0.123 e. The Morgan fingerprint density at radius 2 is 2.11 bits per heavy atom. The van der Waals surface area contributed by atoms with Crippen LogP contribution < -0.4 is 5.73 Å². The molecule has 2 N–H and O–H groups in total. The molecule has 1 aromatic carbocycles. The first-order chi connectivity index (χ1) is 9.10. The molecule has 0 aliphatic carbocycles. The van der Waals surface area contributed by atoms with Crippen LogP contribution in [-0.2, 0) is 6.42 Å². The van der Waals surface area contributed by atoms with E-state index in [2.05, 4.69) is 18.9 Å². The second-order valence-corrected chi connectivity index (χ2v) is 5.07. The fraction of sp³-hybridized carbons (Fsp3) is 0.400. The van der Waals surface area contributed by atoms with Gasteiger partial charge in [0.25, 0.3) is 0 Å². The quantitative estimate of drug-likeness (QED) is 0.899. The Bertz CT molecular complexity index is 534. The third-order valence-electron chi connectivity index (χ3n) is 3.25. The highest BCUT2D eigenvalue weighted by Crippen LogP contribution is 2.20. The van der Waals surface area contributed by atoms with Gasteiger partial charge in [0, 0.05) is 18.2 Å². The minimum atomic E-state index is -0.219. The number of hydrogen-bond donors (Lipinski definition) is 1. The van der Waals surface area contributed by atoms with Crippen molar-refractivity contribution in [3.05, 3.63) is 53.6 Å². The van der Waals surface area contributed by atoms with Gasteiger partial charge in [0.05, 0.1) is 5.69 Å². The Kier molecular flexibility index (Phi) is 4.32. The molecule has 102 valence electrons. The molecule has 19 heavy (non-hydrogen) atoms. The van der Waals surface area contributed by atoms with Crippen LogP contribution in [0.5, 0.6) is 0 Å². The molecule has 1 atom stereocenters. The summed E-state index contributed by atoms with van der Waals surface area (Å²) in [4.78, 5) is 0. The zero-order valence-corrected chi connectivity index (χ0v) is 11.4. The van der Waals surface area contributed by atoms with Crippen LogP contribution in [0.1, 0.15) is 37.1 Å². The van der Waals surface area contributed by atoms with Gasteiger partial charge in [0.1, 0.15) is 5.82 Å². The molecule has 0 aliphatic heterocycles. The molecule has 1 aromatic heterocycles. The molecule has 0 saturated carbocycles. The van der Waals surface area contributed by atoms with Gasteiger partial charge in [-0.05, 0) is 50.6 Å². The Morgan fingerprint density at radius 1 is 1.32 bits per heavy atom. The molecule has 0 amide bonds. The lowest BCUT2D eigenvalue weighted by molar-refractivity contribution is 0.522. The van der Waals surface area contributed by atoms with E-state index in [0.29, 0.717) is 12.6 Å². The zero-order valence-electron chi connectivity index (χ0n) is 11.4. The molecule has 1 unspecified atom stereocenters. The lowest BCUT2D eigenvalue weighted by Crippen LogP contribution is -2.15. The Labute approximate surface area is 113 Å². The van der Waals surface area contributed by atoms with Crippen molar-refractivity contribution >= 4 is 0 Å². The smallest absolute Gasteiger partial charge is 0.123 e. The summed E-state index contributed by atoms with van der Waals surface area (Å²) in [7, 11) is 0. The maximum atomic E-state index is 13.3. The molecule has 0 spiro atoms. The van der Waals surface area contributed by atoms with Gasteiger partial charge in [0.15, 0.2) is 0 Å². The Balaban J connectivity index is 2.14. The monoisotopic (exact) mass is 261 g/mol. The van der Waals surface area contributed by atoms with Crippen LogP contribution in [0.15, 0.2) is 36.5 Å². The zero-order chi connectivity index (χ0) is 13.8. The molecule has 3 nitrogen and oxygen atoms in total. The second-order valence-electron chi connectivity index (χ2n) is 5.07. The summed E-state index contributed by atoms with van der Waals surface area (Å²) in [5.41, 5.74) is 7.74. The maximum absolute atomic E-state index is 13.3. The number of rotatable bonds is 5. The first-order valence-corrected chi connectivity index (χ1v) is 6.59. The van der Waals surface area contributed by atoms with Gasteiger partial charge in [-0.3, -0.25) is 4.68 Å². The van der Waals surface area contributed by atoms with Gasteiger partial charge < -0.3 is 5.73 Å². The van der Waals surface area contributed by atoms with E-state index in [1.807, 2.05) is 23.0 Å². The molecule has 2 rings (SSSR count). The first kappa shape index (κ1) is 13.7. The minimum absolute atomic E-state index is 0.103. The summed E-state index contributed by atoms with van der Waals surface area (Å²) in [5, 5.41) is 4.51. The fourth-order valence-corrected chi connectivity index (χ4v) is 2.12. The van der Waals surface area contributed by atoms with E-state index in [0.717, 1.165) is 17.7 Å². The molecular formula is C15H20FN3.